The number of hydrogen-bond acceptors (Lipinski definition) is 2. The molecule has 2 nitrogen and oxygen atoms in total. The SMILES string of the molecule is C/C(C(=N)C(C)(C)C)=C(/CCC(C)C)c1ccc(N)cc1P. The zero-order valence-electron chi connectivity index (χ0n) is 14.9. The van der Waals surface area contributed by atoms with Crippen molar-refractivity contribution < 1.29 is 0 Å². The van der Waals surface area contributed by atoms with Gasteiger partial charge in [0, 0.05) is 16.8 Å². The maximum Gasteiger partial charge on any atom is 0.0399 e. The first-order valence-electron chi connectivity index (χ1n) is 7.98. The molecule has 1 unspecified atom stereocenters. The van der Waals surface area contributed by atoms with Crippen molar-refractivity contribution in [2.75, 3.05) is 5.73 Å². The van der Waals surface area contributed by atoms with Crippen LogP contribution in [0.3, 0.4) is 0 Å². The Bertz CT molecular complexity index is 578. The van der Waals surface area contributed by atoms with Gasteiger partial charge in [-0.25, -0.2) is 0 Å². The van der Waals surface area contributed by atoms with Gasteiger partial charge >= 0.3 is 0 Å². The van der Waals surface area contributed by atoms with Crippen molar-refractivity contribution >= 4 is 31.5 Å². The summed E-state index contributed by atoms with van der Waals surface area (Å²) in [6.07, 6.45) is 2.12. The number of nitrogens with one attached hydrogen (secondary N) is 1. The highest BCUT2D eigenvalue weighted by atomic mass is 31.0. The molecule has 0 aliphatic heterocycles. The molecule has 0 aliphatic rings. The van der Waals surface area contributed by atoms with Gasteiger partial charge < -0.3 is 11.1 Å². The smallest absolute Gasteiger partial charge is 0.0399 e. The highest BCUT2D eigenvalue weighted by Gasteiger charge is 2.22. The molecule has 1 rings (SSSR count). The minimum absolute atomic E-state index is 0.137. The number of allylic oxidation sites excluding steroid dienone is 2. The highest BCUT2D eigenvalue weighted by Crippen LogP contribution is 2.31. The zero-order valence-corrected chi connectivity index (χ0v) is 16.0. The van der Waals surface area contributed by atoms with E-state index in [1.807, 2.05) is 12.1 Å². The summed E-state index contributed by atoms with van der Waals surface area (Å²) in [5.41, 5.74) is 10.8. The third kappa shape index (κ3) is 4.95. The Kier molecular flexibility index (Phi) is 6.38. The minimum atomic E-state index is -0.137. The summed E-state index contributed by atoms with van der Waals surface area (Å²) in [7, 11) is 2.79. The Balaban J connectivity index is 3.37. The monoisotopic (exact) mass is 318 g/mol. The van der Waals surface area contributed by atoms with Gasteiger partial charge in [-0.3, -0.25) is 0 Å². The molecule has 0 bridgehead atoms. The quantitative estimate of drug-likeness (QED) is 0.446. The lowest BCUT2D eigenvalue weighted by molar-refractivity contribution is 0.585. The lowest BCUT2D eigenvalue weighted by atomic mass is 9.81. The molecule has 1 aromatic rings. The van der Waals surface area contributed by atoms with E-state index >= 15 is 0 Å². The molecule has 3 N–H and O–H groups in total. The third-order valence-corrected chi connectivity index (χ3v) is 4.43. The predicted molar refractivity (Wildman–Crippen MR) is 104 cm³/mol. The van der Waals surface area contributed by atoms with Crippen LogP contribution in [0.4, 0.5) is 5.69 Å². The van der Waals surface area contributed by atoms with Gasteiger partial charge in [-0.2, -0.15) is 0 Å². The van der Waals surface area contributed by atoms with Gasteiger partial charge in [-0.05, 0) is 59.8 Å². The van der Waals surface area contributed by atoms with Crippen LogP contribution in [0.1, 0.15) is 59.9 Å². The molecule has 0 radical (unpaired) electrons. The molecule has 0 heterocycles. The Morgan fingerprint density at radius 1 is 1.27 bits per heavy atom. The molecule has 3 heteroatoms. The number of nitrogens with two attached hydrogens (primary N) is 1. The Morgan fingerprint density at radius 3 is 2.32 bits per heavy atom. The van der Waals surface area contributed by atoms with E-state index in [1.165, 1.54) is 11.1 Å². The van der Waals surface area contributed by atoms with Gasteiger partial charge in [0.15, 0.2) is 0 Å². The molecule has 0 saturated heterocycles. The number of rotatable bonds is 5. The van der Waals surface area contributed by atoms with Gasteiger partial charge in [0.2, 0.25) is 0 Å². The average molecular weight is 318 g/mol. The lowest BCUT2D eigenvalue weighted by Crippen LogP contribution is -2.21. The van der Waals surface area contributed by atoms with Crippen LogP contribution in [-0.2, 0) is 0 Å². The van der Waals surface area contributed by atoms with Gasteiger partial charge in [0.25, 0.3) is 0 Å². The van der Waals surface area contributed by atoms with Crippen molar-refractivity contribution in [3.05, 3.63) is 29.3 Å². The van der Waals surface area contributed by atoms with E-state index in [1.54, 1.807) is 0 Å². The summed E-state index contributed by atoms with van der Waals surface area (Å²) in [6, 6.07) is 6.03. The summed E-state index contributed by atoms with van der Waals surface area (Å²) in [6.45, 7) is 12.9. The average Bonchev–Trinajstić information content (AvgIpc) is 2.38. The van der Waals surface area contributed by atoms with E-state index in [0.29, 0.717) is 11.6 Å². The van der Waals surface area contributed by atoms with Crippen LogP contribution in [0.25, 0.3) is 5.57 Å². The fourth-order valence-electron chi connectivity index (χ4n) is 2.53. The number of hydrogen-bond donors (Lipinski definition) is 2. The van der Waals surface area contributed by atoms with Crippen LogP contribution >= 0.6 is 9.24 Å². The maximum absolute atomic E-state index is 8.54. The van der Waals surface area contributed by atoms with E-state index in [-0.39, 0.29) is 5.41 Å². The summed E-state index contributed by atoms with van der Waals surface area (Å²) in [5, 5.41) is 9.65. The van der Waals surface area contributed by atoms with Crippen LogP contribution in [-0.4, -0.2) is 5.71 Å². The topological polar surface area (TPSA) is 49.9 Å². The van der Waals surface area contributed by atoms with Crippen molar-refractivity contribution in [3.63, 3.8) is 0 Å². The normalized spacial score (nSPS) is 13.3. The van der Waals surface area contributed by atoms with Gasteiger partial charge in [-0.1, -0.05) is 40.7 Å². The molecule has 0 aromatic heterocycles. The molecule has 0 aliphatic carbocycles. The van der Waals surface area contributed by atoms with Crippen LogP contribution in [0.15, 0.2) is 23.8 Å². The van der Waals surface area contributed by atoms with Crippen LogP contribution < -0.4 is 11.0 Å². The fraction of sp³-hybridized carbons (Fsp3) is 0.526. The van der Waals surface area contributed by atoms with E-state index in [9.17, 15) is 0 Å². The van der Waals surface area contributed by atoms with Crippen molar-refractivity contribution in [1.29, 1.82) is 5.41 Å². The highest BCUT2D eigenvalue weighted by molar-refractivity contribution is 7.27. The minimum Gasteiger partial charge on any atom is -0.399 e. The summed E-state index contributed by atoms with van der Waals surface area (Å²) >= 11 is 0. The number of nitrogen functional groups attached to an aromatic ring is 1. The summed E-state index contributed by atoms with van der Waals surface area (Å²) < 4.78 is 0. The largest absolute Gasteiger partial charge is 0.399 e. The molecule has 0 spiro atoms. The van der Waals surface area contributed by atoms with Crippen molar-refractivity contribution in [2.24, 2.45) is 11.3 Å². The van der Waals surface area contributed by atoms with E-state index < -0.39 is 0 Å². The maximum atomic E-state index is 8.54. The zero-order chi connectivity index (χ0) is 17.1. The van der Waals surface area contributed by atoms with Crippen molar-refractivity contribution in [2.45, 2.75) is 54.4 Å². The third-order valence-electron chi connectivity index (χ3n) is 3.95. The van der Waals surface area contributed by atoms with Crippen molar-refractivity contribution in [3.8, 4) is 0 Å². The molecule has 1 aromatic carbocycles. The Morgan fingerprint density at radius 2 is 1.86 bits per heavy atom. The summed E-state index contributed by atoms with van der Waals surface area (Å²) in [5.74, 6) is 0.647. The van der Waals surface area contributed by atoms with Gasteiger partial charge in [0.1, 0.15) is 0 Å². The first-order valence-corrected chi connectivity index (χ1v) is 8.56. The second kappa shape index (κ2) is 7.42. The van der Waals surface area contributed by atoms with Gasteiger partial charge in [-0.15, -0.1) is 9.24 Å². The molecular formula is C19H31N2P. The molecule has 122 valence electrons. The van der Waals surface area contributed by atoms with Crippen LogP contribution in [0.2, 0.25) is 0 Å². The standard InChI is InChI=1S/C19H31N2P/c1-12(2)7-9-15(13(3)18(21)19(4,5)6)16-10-8-14(20)11-17(16)22/h8,10-12,21H,7,9,20,22H2,1-6H3/b15-13+,21-18?. The van der Waals surface area contributed by atoms with E-state index in [0.717, 1.165) is 29.4 Å². The Labute approximate surface area is 138 Å². The number of anilines is 1. The lowest BCUT2D eigenvalue weighted by Gasteiger charge is -2.24. The first kappa shape index (κ1) is 18.9. The molecule has 0 amide bonds. The first-order chi connectivity index (χ1) is 10.0. The second-order valence-corrected chi connectivity index (χ2v) is 8.13. The molecule has 22 heavy (non-hydrogen) atoms. The predicted octanol–water partition coefficient (Wildman–Crippen LogP) is 5.04. The molecule has 0 saturated carbocycles. The summed E-state index contributed by atoms with van der Waals surface area (Å²) in [4.78, 5) is 0. The van der Waals surface area contributed by atoms with Crippen molar-refractivity contribution in [1.82, 2.24) is 0 Å². The second-order valence-electron chi connectivity index (χ2n) is 7.51. The van der Waals surface area contributed by atoms with Crippen LogP contribution in [0, 0.1) is 16.7 Å². The molecule has 0 fully saturated rings. The number of benzene rings is 1. The molecular weight excluding hydrogens is 287 g/mol. The fourth-order valence-corrected chi connectivity index (χ4v) is 2.99. The van der Waals surface area contributed by atoms with E-state index in [4.69, 9.17) is 11.1 Å². The van der Waals surface area contributed by atoms with Crippen LogP contribution in [0.5, 0.6) is 0 Å². The Hall–Kier alpha value is -1.14. The molecule has 1 atom stereocenters. The van der Waals surface area contributed by atoms with Gasteiger partial charge in [0.05, 0.1) is 0 Å². The van der Waals surface area contributed by atoms with E-state index in [2.05, 4.69) is 56.8 Å².